The van der Waals surface area contributed by atoms with Crippen LogP contribution in [0.4, 0.5) is 23.2 Å². The molecule has 0 spiro atoms. The molecule has 0 unspecified atom stereocenters. The number of hydrogen-bond donors (Lipinski definition) is 2. The third kappa shape index (κ3) is 4.00. The lowest BCUT2D eigenvalue weighted by Gasteiger charge is -2.18. The maximum atomic E-state index is 13.3. The lowest BCUT2D eigenvalue weighted by molar-refractivity contribution is -0.274. The molecule has 0 aromatic heterocycles. The van der Waals surface area contributed by atoms with Crippen LogP contribution in [0, 0.1) is 5.82 Å². The highest BCUT2D eigenvalue weighted by Gasteiger charge is 2.32. The first-order valence-corrected chi connectivity index (χ1v) is 7.16. The molecule has 2 aromatic rings. The molecule has 0 aliphatic carbocycles. The van der Waals surface area contributed by atoms with Gasteiger partial charge in [-0.05, 0) is 29.8 Å². The monoisotopic (exact) mass is 355 g/mol. The molecule has 132 valence electrons. The van der Waals surface area contributed by atoms with Gasteiger partial charge < -0.3 is 15.2 Å². The van der Waals surface area contributed by atoms with Crippen molar-refractivity contribution < 1.29 is 27.0 Å². The molecule has 1 aliphatic rings. The number of hydrazone groups is 1. The molecule has 9 heteroatoms. The number of anilines is 1. The lowest BCUT2D eigenvalue weighted by Crippen LogP contribution is -2.26. The highest BCUT2D eigenvalue weighted by Crippen LogP contribution is 2.36. The van der Waals surface area contributed by atoms with Crippen LogP contribution >= 0.6 is 0 Å². The van der Waals surface area contributed by atoms with Crippen molar-refractivity contribution in [3.05, 3.63) is 47.8 Å². The van der Waals surface area contributed by atoms with Crippen molar-refractivity contribution in [2.75, 3.05) is 19.1 Å². The number of nitrogens with two attached hydrogens (primary N) is 1. The van der Waals surface area contributed by atoms with Gasteiger partial charge >= 0.3 is 6.36 Å². The van der Waals surface area contributed by atoms with Gasteiger partial charge in [0.1, 0.15) is 18.3 Å². The van der Waals surface area contributed by atoms with E-state index in [9.17, 15) is 17.6 Å². The van der Waals surface area contributed by atoms with Gasteiger partial charge in [-0.1, -0.05) is 12.1 Å². The second kappa shape index (κ2) is 6.60. The van der Waals surface area contributed by atoms with Crippen LogP contribution in [0.3, 0.4) is 0 Å². The van der Waals surface area contributed by atoms with Gasteiger partial charge in [-0.3, -0.25) is 5.43 Å². The Morgan fingerprint density at radius 1 is 1.12 bits per heavy atom. The summed E-state index contributed by atoms with van der Waals surface area (Å²) in [6.07, 6.45) is -4.89. The molecule has 1 heterocycles. The van der Waals surface area contributed by atoms with Crippen LogP contribution in [-0.4, -0.2) is 25.4 Å². The molecule has 0 amide bonds. The Kier molecular flexibility index (Phi) is 4.49. The molecule has 0 bridgehead atoms. The highest BCUT2D eigenvalue weighted by molar-refractivity contribution is 6.02. The number of nitrogen functional groups attached to an aromatic ring is 1. The van der Waals surface area contributed by atoms with Crippen LogP contribution in [0.15, 0.2) is 41.5 Å². The molecule has 0 atom stereocenters. The zero-order chi connectivity index (χ0) is 18.0. The number of rotatable bonds is 3. The number of nitrogens with zero attached hydrogens (tertiary/aromatic N) is 1. The molecule has 1 aliphatic heterocycles. The lowest BCUT2D eigenvalue weighted by atomic mass is 10.00. The summed E-state index contributed by atoms with van der Waals surface area (Å²) in [5.41, 5.74) is 9.19. The fourth-order valence-corrected chi connectivity index (χ4v) is 2.36. The average Bonchev–Trinajstić information content (AvgIpc) is 2.57. The third-order valence-corrected chi connectivity index (χ3v) is 3.47. The van der Waals surface area contributed by atoms with Crippen molar-refractivity contribution in [2.45, 2.75) is 6.36 Å². The smallest absolute Gasteiger partial charge is 0.405 e. The Hall–Kier alpha value is -2.81. The molecular formula is C16H13F4N3O2. The van der Waals surface area contributed by atoms with Crippen LogP contribution in [0.25, 0.3) is 11.1 Å². The SMILES string of the molecule is Nc1cc(-c2ccc(C3=NNCOC3)cc2OC(F)(F)F)ccc1F. The zero-order valence-electron chi connectivity index (χ0n) is 12.7. The van der Waals surface area contributed by atoms with E-state index in [-0.39, 0.29) is 24.6 Å². The first-order chi connectivity index (χ1) is 11.8. The predicted molar refractivity (Wildman–Crippen MR) is 83.4 cm³/mol. The van der Waals surface area contributed by atoms with Gasteiger partial charge in [0, 0.05) is 11.1 Å². The number of halogens is 4. The minimum absolute atomic E-state index is 0.123. The van der Waals surface area contributed by atoms with Gasteiger partial charge in [0.15, 0.2) is 0 Å². The van der Waals surface area contributed by atoms with Gasteiger partial charge in [-0.25, -0.2) is 4.39 Å². The normalized spacial score (nSPS) is 14.6. The van der Waals surface area contributed by atoms with E-state index in [2.05, 4.69) is 15.3 Å². The van der Waals surface area contributed by atoms with Crippen molar-refractivity contribution in [1.29, 1.82) is 0 Å². The fraction of sp³-hybridized carbons (Fsp3) is 0.188. The van der Waals surface area contributed by atoms with Gasteiger partial charge in [-0.15, -0.1) is 13.2 Å². The van der Waals surface area contributed by atoms with Crippen LogP contribution in [-0.2, 0) is 4.74 Å². The molecule has 3 N–H and O–H groups in total. The predicted octanol–water partition coefficient (Wildman–Crippen LogP) is 3.25. The van der Waals surface area contributed by atoms with Gasteiger partial charge in [0.2, 0.25) is 0 Å². The Morgan fingerprint density at radius 3 is 2.52 bits per heavy atom. The summed E-state index contributed by atoms with van der Waals surface area (Å²) in [5.74, 6) is -1.09. The summed E-state index contributed by atoms with van der Waals surface area (Å²) in [6.45, 7) is 0.379. The van der Waals surface area contributed by atoms with Crippen LogP contribution in [0.2, 0.25) is 0 Å². The summed E-state index contributed by atoms with van der Waals surface area (Å²) in [4.78, 5) is 0. The highest BCUT2D eigenvalue weighted by atomic mass is 19.4. The summed E-state index contributed by atoms with van der Waals surface area (Å²) >= 11 is 0. The molecule has 0 radical (unpaired) electrons. The topological polar surface area (TPSA) is 68.9 Å². The zero-order valence-corrected chi connectivity index (χ0v) is 12.7. The molecule has 25 heavy (non-hydrogen) atoms. The first-order valence-electron chi connectivity index (χ1n) is 7.16. The summed E-state index contributed by atoms with van der Waals surface area (Å²) in [7, 11) is 0. The number of alkyl halides is 3. The molecule has 0 saturated carbocycles. The van der Waals surface area contributed by atoms with Gasteiger partial charge in [0.25, 0.3) is 0 Å². The summed E-state index contributed by atoms with van der Waals surface area (Å²) in [6, 6.07) is 7.87. The second-order valence-electron chi connectivity index (χ2n) is 5.20. The van der Waals surface area contributed by atoms with Gasteiger partial charge in [0.05, 0.1) is 18.0 Å². The Morgan fingerprint density at radius 2 is 1.88 bits per heavy atom. The third-order valence-electron chi connectivity index (χ3n) is 3.47. The second-order valence-corrected chi connectivity index (χ2v) is 5.20. The van der Waals surface area contributed by atoms with E-state index in [1.807, 2.05) is 0 Å². The minimum Gasteiger partial charge on any atom is -0.405 e. The van der Waals surface area contributed by atoms with E-state index < -0.39 is 17.9 Å². The van der Waals surface area contributed by atoms with Crippen LogP contribution in [0.1, 0.15) is 5.56 Å². The van der Waals surface area contributed by atoms with E-state index in [0.717, 1.165) is 6.07 Å². The van der Waals surface area contributed by atoms with E-state index in [0.29, 0.717) is 16.8 Å². The number of ether oxygens (including phenoxy) is 2. The van der Waals surface area contributed by atoms with Crippen molar-refractivity contribution in [3.8, 4) is 16.9 Å². The van der Waals surface area contributed by atoms with Gasteiger partial charge in [-0.2, -0.15) is 5.10 Å². The molecule has 0 fully saturated rings. The quantitative estimate of drug-likeness (QED) is 0.655. The van der Waals surface area contributed by atoms with Crippen molar-refractivity contribution in [1.82, 2.24) is 5.43 Å². The fourth-order valence-electron chi connectivity index (χ4n) is 2.36. The Labute approximate surface area is 140 Å². The number of hydrogen-bond acceptors (Lipinski definition) is 5. The molecule has 0 saturated heterocycles. The van der Waals surface area contributed by atoms with E-state index in [4.69, 9.17) is 10.5 Å². The van der Waals surface area contributed by atoms with E-state index >= 15 is 0 Å². The maximum Gasteiger partial charge on any atom is 0.573 e. The van der Waals surface area contributed by atoms with Crippen molar-refractivity contribution in [3.63, 3.8) is 0 Å². The Balaban J connectivity index is 2.07. The van der Waals surface area contributed by atoms with Crippen LogP contribution < -0.4 is 15.9 Å². The van der Waals surface area contributed by atoms with Crippen molar-refractivity contribution in [2.24, 2.45) is 5.10 Å². The number of benzene rings is 2. The first kappa shape index (κ1) is 17.0. The molecule has 2 aromatic carbocycles. The molecule has 5 nitrogen and oxygen atoms in total. The minimum atomic E-state index is -4.89. The van der Waals surface area contributed by atoms with Crippen molar-refractivity contribution >= 4 is 11.4 Å². The largest absolute Gasteiger partial charge is 0.573 e. The number of nitrogens with one attached hydrogen (secondary N) is 1. The van der Waals surface area contributed by atoms with Crippen LogP contribution in [0.5, 0.6) is 5.75 Å². The van der Waals surface area contributed by atoms with E-state index in [1.54, 1.807) is 6.07 Å². The standard InChI is InChI=1S/C16H13F4N3O2/c17-12-4-2-9(5-13(12)21)11-3-1-10(14-7-24-8-22-23-14)6-15(11)25-16(18,19)20/h1-6,22H,7-8,21H2. The summed E-state index contributed by atoms with van der Waals surface area (Å²) < 4.78 is 61.0. The Bertz CT molecular complexity index is 822. The summed E-state index contributed by atoms with van der Waals surface area (Å²) in [5, 5.41) is 4.00. The average molecular weight is 355 g/mol. The maximum absolute atomic E-state index is 13.3. The molecular weight excluding hydrogens is 342 g/mol. The molecule has 3 rings (SSSR count). The van der Waals surface area contributed by atoms with E-state index in [1.165, 1.54) is 24.3 Å².